The van der Waals surface area contributed by atoms with Crippen molar-refractivity contribution in [3.05, 3.63) is 40.7 Å². The highest BCUT2D eigenvalue weighted by molar-refractivity contribution is 6.31. The van der Waals surface area contributed by atoms with Gasteiger partial charge in [-0.25, -0.2) is 4.68 Å². The van der Waals surface area contributed by atoms with Crippen molar-refractivity contribution in [3.63, 3.8) is 0 Å². The maximum atomic E-state index is 11.9. The van der Waals surface area contributed by atoms with Gasteiger partial charge in [0, 0.05) is 17.3 Å². The van der Waals surface area contributed by atoms with Crippen LogP contribution in [-0.2, 0) is 17.9 Å². The maximum absolute atomic E-state index is 11.9. The fraction of sp³-hybridized carbons (Fsp3) is 0.250. The molecule has 0 fully saturated rings. The fourth-order valence-electron chi connectivity index (χ4n) is 1.58. The molecule has 0 unspecified atom stereocenters. The molecule has 0 aliphatic rings. The molecule has 0 aliphatic carbocycles. The monoisotopic (exact) mass is 279 g/mol. The number of rotatable bonds is 4. The van der Waals surface area contributed by atoms with Crippen molar-refractivity contribution in [3.8, 4) is 0 Å². The van der Waals surface area contributed by atoms with Crippen molar-refractivity contribution in [2.45, 2.75) is 20.0 Å². The molecule has 0 bridgehead atoms. The van der Waals surface area contributed by atoms with Gasteiger partial charge in [0.2, 0.25) is 5.91 Å². The van der Waals surface area contributed by atoms with E-state index >= 15 is 0 Å². The maximum Gasteiger partial charge on any atom is 0.246 e. The highest BCUT2D eigenvalue weighted by Gasteiger charge is 2.08. The van der Waals surface area contributed by atoms with Crippen molar-refractivity contribution >= 4 is 23.2 Å². The molecule has 1 heterocycles. The van der Waals surface area contributed by atoms with Crippen LogP contribution in [0.3, 0.4) is 0 Å². The largest absolute Gasteiger partial charge is 0.325 e. The normalized spacial score (nSPS) is 10.5. The Balaban J connectivity index is 2.03. The summed E-state index contributed by atoms with van der Waals surface area (Å²) >= 11 is 5.89. The number of nitrogens with two attached hydrogens (primary N) is 1. The van der Waals surface area contributed by atoms with Gasteiger partial charge in [0.15, 0.2) is 0 Å². The van der Waals surface area contributed by atoms with Crippen LogP contribution < -0.4 is 11.1 Å². The molecule has 2 aromatic rings. The van der Waals surface area contributed by atoms with E-state index in [2.05, 4.69) is 15.6 Å². The van der Waals surface area contributed by atoms with Crippen LogP contribution in [0.1, 0.15) is 11.3 Å². The van der Waals surface area contributed by atoms with Crippen LogP contribution in [0, 0.1) is 6.92 Å². The molecule has 1 aromatic carbocycles. The van der Waals surface area contributed by atoms with E-state index < -0.39 is 0 Å². The number of hydrogen-bond donors (Lipinski definition) is 2. The molecule has 0 radical (unpaired) electrons. The molecule has 19 heavy (non-hydrogen) atoms. The number of nitrogens with zero attached hydrogens (tertiary/aromatic N) is 3. The third kappa shape index (κ3) is 3.52. The average molecular weight is 280 g/mol. The van der Waals surface area contributed by atoms with Gasteiger partial charge in [0.1, 0.15) is 6.54 Å². The minimum atomic E-state index is -0.196. The van der Waals surface area contributed by atoms with Gasteiger partial charge in [0.05, 0.1) is 11.9 Å². The summed E-state index contributed by atoms with van der Waals surface area (Å²) in [6.45, 7) is 2.28. The molecule has 6 nitrogen and oxygen atoms in total. The van der Waals surface area contributed by atoms with Crippen LogP contribution in [-0.4, -0.2) is 20.9 Å². The summed E-state index contributed by atoms with van der Waals surface area (Å²) in [5.74, 6) is -0.196. The van der Waals surface area contributed by atoms with E-state index in [-0.39, 0.29) is 12.5 Å². The molecule has 0 aliphatic heterocycles. The highest BCUT2D eigenvalue weighted by atomic mass is 35.5. The minimum Gasteiger partial charge on any atom is -0.325 e. The average Bonchev–Trinajstić information content (AvgIpc) is 2.81. The SMILES string of the molecule is Cc1ccc(Cl)cc1NC(=O)Cn1cc(CN)nn1. The Bertz CT molecular complexity index is 596. The fourth-order valence-corrected chi connectivity index (χ4v) is 1.75. The van der Waals surface area contributed by atoms with Gasteiger partial charge in [0.25, 0.3) is 0 Å². The number of carbonyl (C=O) groups excluding carboxylic acids is 1. The van der Waals surface area contributed by atoms with Gasteiger partial charge < -0.3 is 11.1 Å². The number of hydrogen-bond acceptors (Lipinski definition) is 4. The zero-order valence-electron chi connectivity index (χ0n) is 10.4. The lowest BCUT2D eigenvalue weighted by Crippen LogP contribution is -2.19. The lowest BCUT2D eigenvalue weighted by Gasteiger charge is -2.08. The first kappa shape index (κ1) is 13.5. The van der Waals surface area contributed by atoms with Crippen LogP contribution >= 0.6 is 11.6 Å². The summed E-state index contributed by atoms with van der Waals surface area (Å²) in [5, 5.41) is 11.0. The molecule has 0 saturated carbocycles. The summed E-state index contributed by atoms with van der Waals surface area (Å²) in [7, 11) is 0. The molecule has 0 atom stereocenters. The van der Waals surface area contributed by atoms with Crippen molar-refractivity contribution < 1.29 is 4.79 Å². The Kier molecular flexibility index (Phi) is 4.13. The van der Waals surface area contributed by atoms with E-state index in [0.717, 1.165) is 5.56 Å². The Labute approximate surface area is 115 Å². The number of carbonyl (C=O) groups is 1. The smallest absolute Gasteiger partial charge is 0.246 e. The molecule has 1 aromatic heterocycles. The van der Waals surface area contributed by atoms with Gasteiger partial charge >= 0.3 is 0 Å². The standard InChI is InChI=1S/C12H14ClN5O/c1-8-2-3-9(13)4-11(8)15-12(19)7-18-6-10(5-14)16-17-18/h2-4,6H,5,7,14H2,1H3,(H,15,19). The second kappa shape index (κ2) is 5.81. The van der Waals surface area contributed by atoms with Crippen LogP contribution in [0.4, 0.5) is 5.69 Å². The summed E-state index contributed by atoms with van der Waals surface area (Å²) in [4.78, 5) is 11.9. The van der Waals surface area contributed by atoms with Crippen molar-refractivity contribution in [1.82, 2.24) is 15.0 Å². The summed E-state index contributed by atoms with van der Waals surface area (Å²) < 4.78 is 1.44. The van der Waals surface area contributed by atoms with Gasteiger partial charge in [-0.15, -0.1) is 5.10 Å². The van der Waals surface area contributed by atoms with E-state index in [4.69, 9.17) is 17.3 Å². The second-order valence-electron chi connectivity index (χ2n) is 4.12. The molecule has 2 rings (SSSR count). The number of anilines is 1. The number of nitrogens with one attached hydrogen (secondary N) is 1. The summed E-state index contributed by atoms with van der Waals surface area (Å²) in [6, 6.07) is 5.33. The predicted octanol–water partition coefficient (Wildman–Crippen LogP) is 1.34. The molecule has 7 heteroatoms. The van der Waals surface area contributed by atoms with E-state index in [0.29, 0.717) is 22.9 Å². The van der Waals surface area contributed by atoms with Crippen LogP contribution in [0.15, 0.2) is 24.4 Å². The Hall–Kier alpha value is -1.92. The van der Waals surface area contributed by atoms with Crippen LogP contribution in [0.5, 0.6) is 0 Å². The van der Waals surface area contributed by atoms with Crippen molar-refractivity contribution in [1.29, 1.82) is 0 Å². The molecule has 1 amide bonds. The van der Waals surface area contributed by atoms with Crippen LogP contribution in [0.25, 0.3) is 0 Å². The van der Waals surface area contributed by atoms with E-state index in [1.807, 2.05) is 13.0 Å². The number of benzene rings is 1. The third-order valence-electron chi connectivity index (χ3n) is 2.57. The van der Waals surface area contributed by atoms with Gasteiger partial charge in [-0.1, -0.05) is 22.9 Å². The molecule has 0 saturated heterocycles. The number of halogens is 1. The zero-order valence-corrected chi connectivity index (χ0v) is 11.2. The Morgan fingerprint density at radius 3 is 3.00 bits per heavy atom. The first-order valence-corrected chi connectivity index (χ1v) is 6.11. The third-order valence-corrected chi connectivity index (χ3v) is 2.81. The topological polar surface area (TPSA) is 85.8 Å². The molecule has 100 valence electrons. The zero-order chi connectivity index (χ0) is 13.8. The van der Waals surface area contributed by atoms with E-state index in [1.54, 1.807) is 18.3 Å². The summed E-state index contributed by atoms with van der Waals surface area (Å²) in [5.41, 5.74) is 7.70. The van der Waals surface area contributed by atoms with Gasteiger partial charge in [-0.05, 0) is 24.6 Å². The minimum absolute atomic E-state index is 0.0823. The van der Waals surface area contributed by atoms with Crippen LogP contribution in [0.2, 0.25) is 5.02 Å². The lowest BCUT2D eigenvalue weighted by molar-refractivity contribution is -0.116. The number of aromatic nitrogens is 3. The Morgan fingerprint density at radius 1 is 1.53 bits per heavy atom. The quantitative estimate of drug-likeness (QED) is 0.884. The van der Waals surface area contributed by atoms with Gasteiger partial charge in [-0.2, -0.15) is 0 Å². The molecule has 0 spiro atoms. The van der Waals surface area contributed by atoms with E-state index in [9.17, 15) is 4.79 Å². The molecule has 3 N–H and O–H groups in total. The number of amides is 1. The first-order valence-electron chi connectivity index (χ1n) is 5.73. The molecular weight excluding hydrogens is 266 g/mol. The Morgan fingerprint density at radius 2 is 2.32 bits per heavy atom. The predicted molar refractivity (Wildman–Crippen MR) is 72.7 cm³/mol. The van der Waals surface area contributed by atoms with Crippen molar-refractivity contribution in [2.75, 3.05) is 5.32 Å². The van der Waals surface area contributed by atoms with Gasteiger partial charge in [-0.3, -0.25) is 4.79 Å². The van der Waals surface area contributed by atoms with Crippen molar-refractivity contribution in [2.24, 2.45) is 5.73 Å². The summed E-state index contributed by atoms with van der Waals surface area (Å²) in [6.07, 6.45) is 1.64. The first-order chi connectivity index (χ1) is 9.08. The number of aryl methyl sites for hydroxylation is 1. The second-order valence-corrected chi connectivity index (χ2v) is 4.56. The molecular formula is C12H14ClN5O. The highest BCUT2D eigenvalue weighted by Crippen LogP contribution is 2.20. The van der Waals surface area contributed by atoms with E-state index in [1.165, 1.54) is 4.68 Å². The lowest BCUT2D eigenvalue weighted by atomic mass is 10.2.